The van der Waals surface area contributed by atoms with Gasteiger partial charge in [0.1, 0.15) is 0 Å². The molecule has 3 aromatic rings. The number of fused-ring (bicyclic) bond motifs is 1. The first kappa shape index (κ1) is 23.4. The highest BCUT2D eigenvalue weighted by molar-refractivity contribution is 6.30. The van der Waals surface area contributed by atoms with E-state index in [0.29, 0.717) is 18.2 Å². The summed E-state index contributed by atoms with van der Waals surface area (Å²) in [6.07, 6.45) is 13.6. The predicted octanol–water partition coefficient (Wildman–Crippen LogP) is 5.90. The van der Waals surface area contributed by atoms with Crippen molar-refractivity contribution in [3.05, 3.63) is 59.5 Å². The van der Waals surface area contributed by atoms with Crippen LogP contribution in [0.1, 0.15) is 56.4 Å². The van der Waals surface area contributed by atoms with Crippen LogP contribution in [0.15, 0.2) is 48.9 Å². The van der Waals surface area contributed by atoms with Gasteiger partial charge in [0, 0.05) is 48.0 Å². The van der Waals surface area contributed by atoms with E-state index in [0.717, 1.165) is 54.5 Å². The fourth-order valence-corrected chi connectivity index (χ4v) is 5.86. The van der Waals surface area contributed by atoms with E-state index in [-0.39, 0.29) is 0 Å². The molecular weight excluding hydrogens is 444 g/mol. The Kier molecular flexibility index (Phi) is 7.21. The molecule has 0 saturated carbocycles. The van der Waals surface area contributed by atoms with Crippen molar-refractivity contribution in [2.45, 2.75) is 50.9 Å². The van der Waals surface area contributed by atoms with Gasteiger partial charge in [-0.1, -0.05) is 11.6 Å². The van der Waals surface area contributed by atoms with Crippen molar-refractivity contribution in [3.8, 4) is 5.69 Å². The Balaban J connectivity index is 1.20. The van der Waals surface area contributed by atoms with E-state index in [1.54, 1.807) is 0 Å². The SMILES string of the molecule is CN1CCC(CCCC(=O)N2CCC(c3cn(-c4ccc(Cl)cc4)c4cnccc34)CC2)CC1. The molecule has 2 aliphatic heterocycles. The molecule has 34 heavy (non-hydrogen) atoms. The molecule has 5 nitrogen and oxygen atoms in total. The molecule has 1 aromatic carbocycles. The molecule has 0 radical (unpaired) electrons. The molecule has 4 heterocycles. The number of aromatic nitrogens is 2. The van der Waals surface area contributed by atoms with Gasteiger partial charge in [-0.2, -0.15) is 0 Å². The smallest absolute Gasteiger partial charge is 0.222 e. The lowest BCUT2D eigenvalue weighted by molar-refractivity contribution is -0.132. The Bertz CT molecular complexity index is 1110. The Morgan fingerprint density at radius 1 is 1.03 bits per heavy atom. The van der Waals surface area contributed by atoms with Crippen LogP contribution in [-0.2, 0) is 4.79 Å². The molecular formula is C28H35ClN4O. The second-order valence-electron chi connectivity index (χ2n) is 10.1. The first-order valence-corrected chi connectivity index (χ1v) is 13.1. The lowest BCUT2D eigenvalue weighted by Gasteiger charge is -2.32. The number of likely N-dealkylation sites (tertiary alicyclic amines) is 2. The van der Waals surface area contributed by atoms with Crippen LogP contribution in [0.3, 0.4) is 0 Å². The Morgan fingerprint density at radius 2 is 1.76 bits per heavy atom. The zero-order chi connectivity index (χ0) is 23.5. The fraction of sp³-hybridized carbons (Fsp3) is 0.500. The van der Waals surface area contributed by atoms with Gasteiger partial charge < -0.3 is 14.4 Å². The molecule has 1 amide bonds. The van der Waals surface area contributed by atoms with Crippen molar-refractivity contribution >= 4 is 28.4 Å². The minimum absolute atomic E-state index is 0.346. The number of carbonyl (C=O) groups is 1. The molecule has 5 rings (SSSR count). The van der Waals surface area contributed by atoms with E-state index in [1.807, 2.05) is 36.7 Å². The molecule has 0 spiro atoms. The van der Waals surface area contributed by atoms with Gasteiger partial charge in [-0.25, -0.2) is 0 Å². The third-order valence-electron chi connectivity index (χ3n) is 7.87. The summed E-state index contributed by atoms with van der Waals surface area (Å²) in [5, 5.41) is 2.00. The normalized spacial score (nSPS) is 18.6. The van der Waals surface area contributed by atoms with E-state index in [1.165, 1.54) is 43.3 Å². The third-order valence-corrected chi connectivity index (χ3v) is 8.12. The number of nitrogens with zero attached hydrogens (tertiary/aromatic N) is 4. The van der Waals surface area contributed by atoms with Crippen molar-refractivity contribution in [2.24, 2.45) is 5.92 Å². The monoisotopic (exact) mass is 478 g/mol. The highest BCUT2D eigenvalue weighted by Gasteiger charge is 2.26. The molecule has 2 fully saturated rings. The summed E-state index contributed by atoms with van der Waals surface area (Å²) in [6.45, 7) is 4.13. The Labute approximate surface area is 207 Å². The summed E-state index contributed by atoms with van der Waals surface area (Å²) < 4.78 is 2.22. The largest absolute Gasteiger partial charge is 0.343 e. The lowest BCUT2D eigenvalue weighted by atomic mass is 9.89. The first-order chi connectivity index (χ1) is 16.6. The van der Waals surface area contributed by atoms with E-state index >= 15 is 0 Å². The lowest BCUT2D eigenvalue weighted by Crippen LogP contribution is -2.37. The molecule has 0 bridgehead atoms. The van der Waals surface area contributed by atoms with Gasteiger partial charge in [0.05, 0.1) is 11.7 Å². The molecule has 0 N–H and O–H groups in total. The van der Waals surface area contributed by atoms with Crippen LogP contribution in [0.25, 0.3) is 16.6 Å². The van der Waals surface area contributed by atoms with Crippen molar-refractivity contribution in [1.29, 1.82) is 0 Å². The number of hydrogen-bond acceptors (Lipinski definition) is 3. The van der Waals surface area contributed by atoms with Crippen LogP contribution in [0.2, 0.25) is 5.02 Å². The molecule has 0 unspecified atom stereocenters. The Hall–Kier alpha value is -2.37. The van der Waals surface area contributed by atoms with Crippen LogP contribution in [-0.4, -0.2) is 58.5 Å². The van der Waals surface area contributed by atoms with Crippen molar-refractivity contribution in [1.82, 2.24) is 19.4 Å². The molecule has 2 aromatic heterocycles. The molecule has 0 atom stereocenters. The number of pyridine rings is 1. The summed E-state index contributed by atoms with van der Waals surface area (Å²) in [5.74, 6) is 1.61. The molecule has 6 heteroatoms. The second-order valence-corrected chi connectivity index (χ2v) is 10.6. The minimum Gasteiger partial charge on any atom is -0.343 e. The number of rotatable bonds is 6. The van der Waals surface area contributed by atoms with Crippen LogP contribution in [0.4, 0.5) is 0 Å². The van der Waals surface area contributed by atoms with Gasteiger partial charge in [0.25, 0.3) is 0 Å². The van der Waals surface area contributed by atoms with Gasteiger partial charge in [0.15, 0.2) is 0 Å². The Morgan fingerprint density at radius 3 is 2.50 bits per heavy atom. The first-order valence-electron chi connectivity index (χ1n) is 12.8. The van der Waals surface area contributed by atoms with Crippen LogP contribution >= 0.6 is 11.6 Å². The average molecular weight is 479 g/mol. The van der Waals surface area contributed by atoms with E-state index in [4.69, 9.17) is 11.6 Å². The van der Waals surface area contributed by atoms with E-state index in [2.05, 4.69) is 38.7 Å². The molecule has 2 saturated heterocycles. The number of benzene rings is 1. The van der Waals surface area contributed by atoms with Crippen LogP contribution in [0.5, 0.6) is 0 Å². The third kappa shape index (κ3) is 5.16. The van der Waals surface area contributed by atoms with Gasteiger partial charge in [0.2, 0.25) is 5.91 Å². The number of halogens is 1. The molecule has 2 aliphatic rings. The highest BCUT2D eigenvalue weighted by Crippen LogP contribution is 2.36. The van der Waals surface area contributed by atoms with Crippen LogP contribution in [0, 0.1) is 5.92 Å². The fourth-order valence-electron chi connectivity index (χ4n) is 5.73. The minimum atomic E-state index is 0.346. The highest BCUT2D eigenvalue weighted by atomic mass is 35.5. The zero-order valence-electron chi connectivity index (χ0n) is 20.1. The van der Waals surface area contributed by atoms with Crippen molar-refractivity contribution in [3.63, 3.8) is 0 Å². The molecule has 180 valence electrons. The van der Waals surface area contributed by atoms with E-state index in [9.17, 15) is 4.79 Å². The maximum atomic E-state index is 12.9. The number of piperidine rings is 2. The number of hydrogen-bond donors (Lipinski definition) is 0. The maximum Gasteiger partial charge on any atom is 0.222 e. The quantitative estimate of drug-likeness (QED) is 0.443. The summed E-state index contributed by atoms with van der Waals surface area (Å²) in [5.41, 5.74) is 3.57. The molecule has 0 aliphatic carbocycles. The summed E-state index contributed by atoms with van der Waals surface area (Å²) in [6, 6.07) is 10.1. The summed E-state index contributed by atoms with van der Waals surface area (Å²) in [7, 11) is 2.20. The predicted molar refractivity (Wildman–Crippen MR) is 139 cm³/mol. The second kappa shape index (κ2) is 10.5. The van der Waals surface area contributed by atoms with Crippen molar-refractivity contribution in [2.75, 3.05) is 33.2 Å². The average Bonchev–Trinajstić information content (AvgIpc) is 3.25. The number of amides is 1. The summed E-state index contributed by atoms with van der Waals surface area (Å²) >= 11 is 6.10. The maximum absolute atomic E-state index is 12.9. The number of carbonyl (C=O) groups excluding carboxylic acids is 1. The topological polar surface area (TPSA) is 41.4 Å². The standard InChI is InChI=1S/C28H35ClN4O/c1-31-15-10-21(11-16-31)3-2-4-28(34)32-17-12-22(13-18-32)26-20-33(24-7-5-23(29)6-8-24)27-19-30-14-9-25(26)27/h5-9,14,19-22H,2-4,10-13,15-18H2,1H3. The van der Waals surface area contributed by atoms with Gasteiger partial charge >= 0.3 is 0 Å². The van der Waals surface area contributed by atoms with Gasteiger partial charge in [-0.15, -0.1) is 0 Å². The zero-order valence-corrected chi connectivity index (χ0v) is 20.9. The van der Waals surface area contributed by atoms with Crippen LogP contribution < -0.4 is 0 Å². The van der Waals surface area contributed by atoms with Gasteiger partial charge in [-0.05, 0) is 106 Å². The van der Waals surface area contributed by atoms with E-state index < -0.39 is 0 Å². The van der Waals surface area contributed by atoms with Gasteiger partial charge in [-0.3, -0.25) is 9.78 Å². The summed E-state index contributed by atoms with van der Waals surface area (Å²) in [4.78, 5) is 21.7. The van der Waals surface area contributed by atoms with Crippen molar-refractivity contribution < 1.29 is 4.79 Å².